The summed E-state index contributed by atoms with van der Waals surface area (Å²) in [5.74, 6) is -1.29. The van der Waals surface area contributed by atoms with Crippen molar-refractivity contribution >= 4 is 22.0 Å². The van der Waals surface area contributed by atoms with E-state index in [-0.39, 0.29) is 23.7 Å². The predicted octanol–water partition coefficient (Wildman–Crippen LogP) is 2.88. The minimum Gasteiger partial charge on any atom is -0.458 e. The minimum absolute atomic E-state index is 0.0209. The Hall–Kier alpha value is -2.71. The van der Waals surface area contributed by atoms with Crippen LogP contribution in [0.1, 0.15) is 40.0 Å². The SMILES string of the molecule is O=C(OCCOC(=O)c1ccccc1S(=O)(=O)N1CCCCC1)c1ccccc1. The average molecular weight is 417 g/mol. The Morgan fingerprint density at radius 3 is 2.07 bits per heavy atom. The zero-order valence-electron chi connectivity index (χ0n) is 16.0. The Morgan fingerprint density at radius 1 is 0.793 bits per heavy atom. The summed E-state index contributed by atoms with van der Waals surface area (Å²) >= 11 is 0. The van der Waals surface area contributed by atoms with Crippen LogP contribution in [0.3, 0.4) is 0 Å². The van der Waals surface area contributed by atoms with Crippen LogP contribution in [0, 0.1) is 0 Å². The van der Waals surface area contributed by atoms with Gasteiger partial charge in [-0.05, 0) is 37.1 Å². The third-order valence-electron chi connectivity index (χ3n) is 4.60. The number of hydrogen-bond acceptors (Lipinski definition) is 6. The van der Waals surface area contributed by atoms with Crippen molar-refractivity contribution in [3.8, 4) is 0 Å². The zero-order valence-corrected chi connectivity index (χ0v) is 16.8. The number of piperidine rings is 1. The molecular weight excluding hydrogens is 394 g/mol. The van der Waals surface area contributed by atoms with Crippen molar-refractivity contribution in [2.75, 3.05) is 26.3 Å². The number of ether oxygens (including phenoxy) is 2. The quantitative estimate of drug-likeness (QED) is 0.508. The maximum absolute atomic E-state index is 12.9. The van der Waals surface area contributed by atoms with Crippen molar-refractivity contribution in [2.24, 2.45) is 0 Å². The van der Waals surface area contributed by atoms with Crippen molar-refractivity contribution in [3.05, 3.63) is 65.7 Å². The van der Waals surface area contributed by atoms with Gasteiger partial charge in [-0.15, -0.1) is 0 Å². The van der Waals surface area contributed by atoms with E-state index in [4.69, 9.17) is 9.47 Å². The van der Waals surface area contributed by atoms with Gasteiger partial charge in [-0.2, -0.15) is 4.31 Å². The molecule has 0 aliphatic carbocycles. The third kappa shape index (κ3) is 5.21. The molecular formula is C21H23NO6S. The van der Waals surface area contributed by atoms with E-state index in [9.17, 15) is 18.0 Å². The Balaban J connectivity index is 1.61. The number of sulfonamides is 1. The lowest BCUT2D eigenvalue weighted by atomic mass is 10.2. The second-order valence-electron chi connectivity index (χ2n) is 6.60. The van der Waals surface area contributed by atoms with Gasteiger partial charge in [0.05, 0.1) is 16.0 Å². The molecule has 1 fully saturated rings. The standard InChI is InChI=1S/C21H23NO6S/c23-20(17-9-3-1-4-10-17)27-15-16-28-21(24)18-11-5-6-12-19(18)29(25,26)22-13-7-2-8-14-22/h1,3-6,9-12H,2,7-8,13-16H2. The van der Waals surface area contributed by atoms with Crippen molar-refractivity contribution in [1.29, 1.82) is 0 Å². The van der Waals surface area contributed by atoms with E-state index in [1.54, 1.807) is 42.5 Å². The molecule has 0 amide bonds. The van der Waals surface area contributed by atoms with Gasteiger partial charge in [0.15, 0.2) is 0 Å². The first-order valence-corrected chi connectivity index (χ1v) is 10.9. The van der Waals surface area contributed by atoms with Crippen LogP contribution in [0.2, 0.25) is 0 Å². The normalized spacial score (nSPS) is 14.9. The van der Waals surface area contributed by atoms with Gasteiger partial charge in [0.2, 0.25) is 10.0 Å². The smallest absolute Gasteiger partial charge is 0.339 e. The van der Waals surface area contributed by atoms with Gasteiger partial charge in [-0.3, -0.25) is 0 Å². The molecule has 7 nitrogen and oxygen atoms in total. The topological polar surface area (TPSA) is 90.0 Å². The maximum atomic E-state index is 12.9. The van der Waals surface area contributed by atoms with E-state index in [0.717, 1.165) is 19.3 Å². The molecule has 1 aliphatic heterocycles. The molecule has 0 saturated carbocycles. The van der Waals surface area contributed by atoms with Crippen LogP contribution < -0.4 is 0 Å². The maximum Gasteiger partial charge on any atom is 0.339 e. The first-order valence-electron chi connectivity index (χ1n) is 9.48. The highest BCUT2D eigenvalue weighted by Crippen LogP contribution is 2.24. The average Bonchev–Trinajstić information content (AvgIpc) is 2.77. The molecule has 0 bridgehead atoms. The lowest BCUT2D eigenvalue weighted by molar-refractivity contribution is 0.0263. The summed E-state index contributed by atoms with van der Waals surface area (Å²) in [6.45, 7) is 0.596. The van der Waals surface area contributed by atoms with E-state index < -0.39 is 22.0 Å². The fourth-order valence-electron chi connectivity index (χ4n) is 3.11. The fourth-order valence-corrected chi connectivity index (χ4v) is 4.81. The van der Waals surface area contributed by atoms with E-state index in [2.05, 4.69) is 0 Å². The van der Waals surface area contributed by atoms with Gasteiger partial charge in [0.1, 0.15) is 13.2 Å². The van der Waals surface area contributed by atoms with E-state index in [1.165, 1.54) is 16.4 Å². The number of carbonyl (C=O) groups is 2. The lowest BCUT2D eigenvalue weighted by Crippen LogP contribution is -2.36. The largest absolute Gasteiger partial charge is 0.458 e. The van der Waals surface area contributed by atoms with Crippen molar-refractivity contribution in [3.63, 3.8) is 0 Å². The van der Waals surface area contributed by atoms with Crippen molar-refractivity contribution < 1.29 is 27.5 Å². The minimum atomic E-state index is -3.77. The summed E-state index contributed by atoms with van der Waals surface area (Å²) in [6, 6.07) is 14.5. The first kappa shape index (κ1) is 21.0. The molecule has 154 valence electrons. The van der Waals surface area contributed by atoms with Crippen LogP contribution in [0.15, 0.2) is 59.5 Å². The van der Waals surface area contributed by atoms with Crippen LogP contribution in [0.25, 0.3) is 0 Å². The molecule has 0 radical (unpaired) electrons. The fraction of sp³-hybridized carbons (Fsp3) is 0.333. The summed E-state index contributed by atoms with van der Waals surface area (Å²) < 4.78 is 37.5. The molecule has 0 N–H and O–H groups in total. The van der Waals surface area contributed by atoms with Gasteiger partial charge in [-0.1, -0.05) is 36.8 Å². The van der Waals surface area contributed by atoms with E-state index in [1.807, 2.05) is 0 Å². The van der Waals surface area contributed by atoms with E-state index in [0.29, 0.717) is 18.7 Å². The van der Waals surface area contributed by atoms with Gasteiger partial charge in [0.25, 0.3) is 0 Å². The Morgan fingerprint density at radius 2 is 1.38 bits per heavy atom. The molecule has 2 aromatic rings. The van der Waals surface area contributed by atoms with Gasteiger partial charge in [-0.25, -0.2) is 18.0 Å². The molecule has 1 aliphatic rings. The van der Waals surface area contributed by atoms with Crippen molar-refractivity contribution in [2.45, 2.75) is 24.2 Å². The molecule has 8 heteroatoms. The third-order valence-corrected chi connectivity index (χ3v) is 6.56. The highest BCUT2D eigenvalue weighted by molar-refractivity contribution is 7.89. The molecule has 0 unspecified atom stereocenters. The summed E-state index contributed by atoms with van der Waals surface area (Å²) in [4.78, 5) is 24.3. The Labute approximate surface area is 170 Å². The van der Waals surface area contributed by atoms with Gasteiger partial charge >= 0.3 is 11.9 Å². The van der Waals surface area contributed by atoms with Crippen LogP contribution in [-0.2, 0) is 19.5 Å². The van der Waals surface area contributed by atoms with Crippen LogP contribution in [0.5, 0.6) is 0 Å². The first-order chi connectivity index (χ1) is 14.0. The number of rotatable bonds is 7. The highest BCUT2D eigenvalue weighted by Gasteiger charge is 2.30. The highest BCUT2D eigenvalue weighted by atomic mass is 32.2. The number of esters is 2. The molecule has 0 aromatic heterocycles. The second-order valence-corrected chi connectivity index (χ2v) is 8.51. The molecule has 2 aromatic carbocycles. The van der Waals surface area contributed by atoms with Gasteiger partial charge in [0, 0.05) is 13.1 Å². The van der Waals surface area contributed by atoms with E-state index >= 15 is 0 Å². The molecule has 0 atom stereocenters. The molecule has 0 spiro atoms. The summed E-state index contributed by atoms with van der Waals surface area (Å²) in [5, 5.41) is 0. The zero-order chi connectivity index (χ0) is 20.7. The van der Waals surface area contributed by atoms with Gasteiger partial charge < -0.3 is 9.47 Å². The lowest BCUT2D eigenvalue weighted by Gasteiger charge is -2.26. The van der Waals surface area contributed by atoms with Crippen LogP contribution in [0.4, 0.5) is 0 Å². The molecule has 1 heterocycles. The predicted molar refractivity (Wildman–Crippen MR) is 106 cm³/mol. The summed E-state index contributed by atoms with van der Waals surface area (Å²) in [5.41, 5.74) is 0.379. The monoisotopic (exact) mass is 417 g/mol. The number of benzene rings is 2. The number of nitrogens with zero attached hydrogens (tertiary/aromatic N) is 1. The van der Waals surface area contributed by atoms with Crippen LogP contribution >= 0.6 is 0 Å². The second kappa shape index (κ2) is 9.67. The number of hydrogen-bond donors (Lipinski definition) is 0. The molecule has 29 heavy (non-hydrogen) atoms. The number of carbonyl (C=O) groups excluding carboxylic acids is 2. The van der Waals surface area contributed by atoms with Crippen molar-refractivity contribution in [1.82, 2.24) is 4.31 Å². The van der Waals surface area contributed by atoms with Crippen LogP contribution in [-0.4, -0.2) is 51.0 Å². The Kier molecular flexibility index (Phi) is 7.00. The summed E-state index contributed by atoms with van der Waals surface area (Å²) in [7, 11) is -3.77. The molecule has 1 saturated heterocycles. The molecule has 3 rings (SSSR count). The Bertz CT molecular complexity index is 952. The summed E-state index contributed by atoms with van der Waals surface area (Å²) in [6.07, 6.45) is 2.61.